The average Bonchev–Trinajstić information content (AvgIpc) is 2.16. The SMILES string of the molecule is [2H]B(P)S.[3H]Oc1cc(C)ccc1CN. The van der Waals surface area contributed by atoms with E-state index in [9.17, 15) is 0 Å². The van der Waals surface area contributed by atoms with Crippen LogP contribution in [0.3, 0.4) is 0 Å². The van der Waals surface area contributed by atoms with Crippen molar-refractivity contribution < 1.29 is 5.11 Å². The molecule has 1 aromatic rings. The molecule has 5 heteroatoms. The van der Waals surface area contributed by atoms with Crippen molar-refractivity contribution in [1.82, 2.24) is 0 Å². The highest BCUT2D eigenvalue weighted by molar-refractivity contribution is 8.20. The lowest BCUT2D eigenvalue weighted by molar-refractivity contribution is 0.468. The van der Waals surface area contributed by atoms with Gasteiger partial charge in [0.05, 0.1) is 0 Å². The van der Waals surface area contributed by atoms with Crippen molar-refractivity contribution in [3.63, 3.8) is 0 Å². The summed E-state index contributed by atoms with van der Waals surface area (Å²) < 4.78 is 13.1. The number of aromatic hydroxyl groups is 1. The molecule has 0 heterocycles. The fourth-order valence-electron chi connectivity index (χ4n) is 0.830. The van der Waals surface area contributed by atoms with Gasteiger partial charge in [-0.1, -0.05) is 12.1 Å². The summed E-state index contributed by atoms with van der Waals surface area (Å²) in [7, 11) is 2.19. The van der Waals surface area contributed by atoms with Gasteiger partial charge in [-0.05, 0) is 19.9 Å². The fourth-order valence-corrected chi connectivity index (χ4v) is 0.830. The van der Waals surface area contributed by atoms with E-state index in [4.69, 9.17) is 8.50 Å². The normalized spacial score (nSPS) is 10.5. The summed E-state index contributed by atoms with van der Waals surface area (Å²) in [6, 6.07) is 5.62. The van der Waals surface area contributed by atoms with Gasteiger partial charge in [-0.3, -0.25) is 0 Å². The highest BCUT2D eigenvalue weighted by Gasteiger charge is 1.96. The maximum absolute atomic E-state index is 6.73. The van der Waals surface area contributed by atoms with E-state index in [2.05, 4.69) is 26.7 Å². The molecule has 3 N–H and O–H groups in total. The van der Waals surface area contributed by atoms with Gasteiger partial charge in [0.2, 0.25) is 6.24 Å². The summed E-state index contributed by atoms with van der Waals surface area (Å²) in [6.07, 6.45) is -0.306. The smallest absolute Gasteiger partial charge is 0.293 e. The average molecular weight is 218 g/mol. The minimum Gasteiger partial charge on any atom is -0.508 e. The monoisotopic (exact) mass is 218 g/mol. The number of hydrogen-bond donors (Lipinski definition) is 3. The molecule has 1 unspecified atom stereocenters. The van der Waals surface area contributed by atoms with Crippen molar-refractivity contribution in [2.24, 2.45) is 5.73 Å². The number of nitrogens with two attached hydrogens (primary N) is 1. The van der Waals surface area contributed by atoms with Crippen molar-refractivity contribution >= 4 is 27.8 Å². The van der Waals surface area contributed by atoms with Crippen LogP contribution in [0.2, 0.25) is 0 Å². The number of phenolic OH excluding ortho intramolecular Hbond substituents is 1. The van der Waals surface area contributed by atoms with Gasteiger partial charge in [0.1, 0.15) is 5.75 Å². The molecular formula is C8H15BNOPS. The first-order chi connectivity index (χ1) is 7.01. The highest BCUT2D eigenvalue weighted by Crippen LogP contribution is 2.16. The predicted molar refractivity (Wildman–Crippen MR) is 66.6 cm³/mol. The molecule has 0 amide bonds. The van der Waals surface area contributed by atoms with Crippen molar-refractivity contribution in [3.8, 4) is 5.75 Å². The van der Waals surface area contributed by atoms with Gasteiger partial charge in [0, 0.05) is 12.1 Å². The Labute approximate surface area is 90.5 Å². The Bertz CT molecular complexity index is 301. The van der Waals surface area contributed by atoms with E-state index in [1.165, 1.54) is 0 Å². The largest absolute Gasteiger partial charge is 0.508 e. The van der Waals surface area contributed by atoms with Crippen molar-refractivity contribution in [3.05, 3.63) is 29.3 Å². The Morgan fingerprint density at radius 2 is 2.54 bits per heavy atom. The van der Waals surface area contributed by atoms with Crippen molar-refractivity contribution in [2.75, 3.05) is 0 Å². The first kappa shape index (κ1) is 9.38. The Morgan fingerprint density at radius 1 is 1.92 bits per heavy atom. The van der Waals surface area contributed by atoms with Gasteiger partial charge in [0.25, 0.3) is 1.43 Å². The Balaban J connectivity index is 0.000000423. The lowest BCUT2D eigenvalue weighted by Gasteiger charge is -2.00. The second-order valence-corrected chi connectivity index (χ2v) is 3.66. The number of hydrogen-bond acceptors (Lipinski definition) is 3. The molecule has 0 saturated carbocycles. The molecule has 1 rings (SSSR count). The van der Waals surface area contributed by atoms with Crippen LogP contribution in [0.1, 0.15) is 11.1 Å². The molecule has 1 aromatic carbocycles. The molecule has 0 bridgehead atoms. The molecule has 0 aliphatic heterocycles. The van der Waals surface area contributed by atoms with Gasteiger partial charge in [-0.2, -0.15) is 9.12 Å². The minimum atomic E-state index is -0.306. The quantitative estimate of drug-likeness (QED) is 0.397. The van der Waals surface area contributed by atoms with Crippen molar-refractivity contribution in [1.29, 1.82) is 2.77 Å². The third-order valence-electron chi connectivity index (χ3n) is 1.44. The van der Waals surface area contributed by atoms with Gasteiger partial charge in [-0.15, -0.1) is 0 Å². The first-order valence-corrected chi connectivity index (χ1v) is 4.98. The Hall–Kier alpha value is -0.175. The molecular weight excluding hydrogens is 200 g/mol. The zero-order chi connectivity index (χ0) is 11.8. The predicted octanol–water partition coefficient (Wildman–Crippen LogP) is 1.22. The Kier molecular flexibility index (Phi) is 5.23. The van der Waals surface area contributed by atoms with E-state index in [1.54, 1.807) is 6.07 Å². The maximum atomic E-state index is 6.73. The van der Waals surface area contributed by atoms with E-state index in [0.717, 1.165) is 11.1 Å². The summed E-state index contributed by atoms with van der Waals surface area (Å²) in [6.45, 7) is 2.36. The number of rotatable bonds is 2. The summed E-state index contributed by atoms with van der Waals surface area (Å²) >= 11 is 3.60. The molecule has 0 saturated heterocycles. The van der Waals surface area contributed by atoms with E-state index >= 15 is 0 Å². The van der Waals surface area contributed by atoms with Gasteiger partial charge in [-0.25, -0.2) is 12.5 Å². The lowest BCUT2D eigenvalue weighted by Crippen LogP contribution is -1.96. The molecule has 0 aromatic heterocycles. The molecule has 0 aliphatic rings. The van der Waals surface area contributed by atoms with Crippen LogP contribution in [-0.4, -0.2) is 14.1 Å². The molecule has 1 atom stereocenters. The third-order valence-corrected chi connectivity index (χ3v) is 1.44. The molecule has 0 spiro atoms. The summed E-state index contributed by atoms with van der Waals surface area (Å²) in [5.41, 5.74) is 7.35. The molecule has 0 aliphatic carbocycles. The van der Waals surface area contributed by atoms with Crippen LogP contribution in [0.25, 0.3) is 0 Å². The Morgan fingerprint density at radius 3 is 3.00 bits per heavy atom. The second-order valence-electron chi connectivity index (χ2n) is 2.46. The van der Waals surface area contributed by atoms with Gasteiger partial charge in [0.15, 0.2) is 0 Å². The molecule has 13 heavy (non-hydrogen) atoms. The number of benzene rings is 1. The summed E-state index contributed by atoms with van der Waals surface area (Å²) in [5.74, 6) is 0.549. The van der Waals surface area contributed by atoms with Gasteiger partial charge >= 0.3 is 0 Å². The van der Waals surface area contributed by atoms with Crippen LogP contribution in [0.15, 0.2) is 18.2 Å². The number of thiol groups is 1. The van der Waals surface area contributed by atoms with Gasteiger partial charge < -0.3 is 10.8 Å². The minimum absolute atomic E-state index is 0.306. The zero-order valence-electron chi connectivity index (χ0n) is 9.53. The second kappa shape index (κ2) is 7.25. The van der Waals surface area contributed by atoms with E-state index in [-0.39, 0.29) is 6.24 Å². The van der Waals surface area contributed by atoms with Crippen LogP contribution >= 0.6 is 21.6 Å². The molecule has 0 radical (unpaired) electrons. The highest BCUT2D eigenvalue weighted by atomic mass is 32.1. The van der Waals surface area contributed by atoms with E-state index < -0.39 is 0 Å². The molecule has 72 valence electrons. The molecule has 0 fully saturated rings. The van der Waals surface area contributed by atoms with Crippen LogP contribution in [0.4, 0.5) is 0 Å². The topological polar surface area (TPSA) is 46.2 Å². The van der Waals surface area contributed by atoms with Crippen molar-refractivity contribution in [2.45, 2.75) is 13.5 Å². The number of phenols is 1. The molecule has 2 nitrogen and oxygen atoms in total. The van der Waals surface area contributed by atoms with Crippen LogP contribution in [0, 0.1) is 6.92 Å². The summed E-state index contributed by atoms with van der Waals surface area (Å²) in [5, 5.41) is 4.39. The summed E-state index contributed by atoms with van der Waals surface area (Å²) in [4.78, 5) is 0. The number of aryl methyl sites for hydroxylation is 1. The fraction of sp³-hybridized carbons (Fsp3) is 0.250. The van der Waals surface area contributed by atoms with E-state index in [0.29, 0.717) is 12.3 Å². The maximum Gasteiger partial charge on any atom is 0.293 e. The lowest BCUT2D eigenvalue weighted by atomic mass is 10.1. The standard InChI is InChI=1S/C8H11NO.BH4PS/c1-6-2-3-7(5-9)8(10)4-6;2-1-3/h2-4,10H,5,9H2,1H3;1,3H,2H2/i;1D/hT. The third kappa shape index (κ3) is 5.19. The van der Waals surface area contributed by atoms with Crippen LogP contribution in [0.5, 0.6) is 5.75 Å². The van der Waals surface area contributed by atoms with Crippen LogP contribution in [-0.2, 0) is 6.54 Å². The zero-order valence-corrected chi connectivity index (χ0v) is 9.58. The first-order valence-electron chi connectivity index (χ1n) is 4.78. The van der Waals surface area contributed by atoms with Crippen LogP contribution < -0.4 is 5.73 Å². The van der Waals surface area contributed by atoms with E-state index in [1.807, 2.05) is 19.1 Å².